The number of carbonyl (C=O) groups is 1. The number of carbonyl (C=O) groups excluding carboxylic acids is 1. The fourth-order valence-electron chi connectivity index (χ4n) is 2.45. The maximum Gasteiger partial charge on any atom is 0.319 e. The van der Waals surface area contributed by atoms with Crippen LogP contribution in [0.5, 0.6) is 0 Å². The van der Waals surface area contributed by atoms with Gasteiger partial charge in [-0.1, -0.05) is 0 Å². The van der Waals surface area contributed by atoms with Gasteiger partial charge in [0.2, 0.25) is 0 Å². The molecule has 23 heavy (non-hydrogen) atoms. The minimum Gasteiger partial charge on any atom is -0.394 e. The summed E-state index contributed by atoms with van der Waals surface area (Å²) in [5.74, 6) is 0.201. The van der Waals surface area contributed by atoms with Gasteiger partial charge < -0.3 is 35.2 Å². The highest BCUT2D eigenvalue weighted by molar-refractivity contribution is 6.18. The van der Waals surface area contributed by atoms with Crippen molar-refractivity contribution < 1.29 is 34.7 Å². The molecule has 0 radical (unpaired) electrons. The Labute approximate surface area is 139 Å². The van der Waals surface area contributed by atoms with Crippen LogP contribution in [0.15, 0.2) is 0 Å². The number of methoxy groups -OCH3 is 1. The van der Waals surface area contributed by atoms with Crippen LogP contribution in [0.2, 0.25) is 0 Å². The Bertz CT molecular complexity index is 374. The van der Waals surface area contributed by atoms with Crippen molar-refractivity contribution in [3.05, 3.63) is 0 Å². The highest BCUT2D eigenvalue weighted by Gasteiger charge is 2.47. The zero-order valence-corrected chi connectivity index (χ0v) is 13.9. The number of hydrogen-bond donors (Lipinski definition) is 5. The summed E-state index contributed by atoms with van der Waals surface area (Å²) >= 11 is 5.55. The van der Waals surface area contributed by atoms with Gasteiger partial charge in [-0.05, 0) is 6.92 Å². The van der Waals surface area contributed by atoms with Gasteiger partial charge in [0.05, 0.1) is 19.3 Å². The van der Waals surface area contributed by atoms with E-state index < -0.39 is 49.3 Å². The van der Waals surface area contributed by atoms with Gasteiger partial charge in [-0.2, -0.15) is 0 Å². The van der Waals surface area contributed by atoms with E-state index in [1.54, 1.807) is 6.92 Å². The molecule has 1 saturated heterocycles. The molecule has 0 aromatic rings. The zero-order valence-electron chi connectivity index (χ0n) is 13.1. The topological polar surface area (TPSA) is 132 Å². The molecule has 0 saturated carbocycles. The first kappa shape index (κ1) is 20.4. The van der Waals surface area contributed by atoms with E-state index in [9.17, 15) is 25.2 Å². The lowest BCUT2D eigenvalue weighted by Crippen LogP contribution is -2.66. The van der Waals surface area contributed by atoms with E-state index in [0.29, 0.717) is 0 Å². The van der Waals surface area contributed by atoms with Crippen molar-refractivity contribution in [2.45, 2.75) is 43.6 Å². The van der Waals surface area contributed by atoms with Crippen LogP contribution in [0.25, 0.3) is 0 Å². The van der Waals surface area contributed by atoms with E-state index in [1.807, 2.05) is 0 Å². The second-order valence-electron chi connectivity index (χ2n) is 5.35. The zero-order chi connectivity index (χ0) is 17.6. The second kappa shape index (κ2) is 9.58. The molecule has 1 fully saturated rings. The fraction of sp³-hybridized carbons (Fsp3) is 0.923. The molecule has 0 aromatic carbocycles. The van der Waals surface area contributed by atoms with E-state index >= 15 is 0 Å². The van der Waals surface area contributed by atoms with E-state index in [1.165, 1.54) is 12.0 Å². The van der Waals surface area contributed by atoms with E-state index in [4.69, 9.17) is 21.1 Å². The number of urea groups is 1. The summed E-state index contributed by atoms with van der Waals surface area (Å²) in [4.78, 5) is 13.5. The predicted octanol–water partition coefficient (Wildman–Crippen LogP) is -1.93. The maximum atomic E-state index is 12.3. The number of halogens is 1. The first-order valence-corrected chi connectivity index (χ1v) is 7.84. The minimum absolute atomic E-state index is 0.156. The molecule has 1 unspecified atom stereocenters. The molecule has 6 atom stereocenters. The average Bonchev–Trinajstić information content (AvgIpc) is 2.53. The van der Waals surface area contributed by atoms with Gasteiger partial charge in [-0.15, -0.1) is 11.6 Å². The van der Waals surface area contributed by atoms with Crippen molar-refractivity contribution in [2.24, 2.45) is 0 Å². The molecule has 1 heterocycles. The predicted molar refractivity (Wildman–Crippen MR) is 81.1 cm³/mol. The van der Waals surface area contributed by atoms with Crippen LogP contribution in [-0.4, -0.2) is 101 Å². The van der Waals surface area contributed by atoms with Crippen LogP contribution >= 0.6 is 11.6 Å². The lowest BCUT2D eigenvalue weighted by molar-refractivity contribution is -0.261. The number of aliphatic hydroxyl groups excluding tert-OH is 4. The summed E-state index contributed by atoms with van der Waals surface area (Å²) < 4.78 is 10.4. The van der Waals surface area contributed by atoms with Crippen molar-refractivity contribution in [1.82, 2.24) is 10.2 Å². The van der Waals surface area contributed by atoms with Gasteiger partial charge in [-0.3, -0.25) is 4.90 Å². The molecule has 0 aliphatic carbocycles. The highest BCUT2D eigenvalue weighted by atomic mass is 35.5. The second-order valence-corrected chi connectivity index (χ2v) is 5.73. The van der Waals surface area contributed by atoms with Crippen LogP contribution in [0.1, 0.15) is 6.92 Å². The van der Waals surface area contributed by atoms with Crippen LogP contribution < -0.4 is 5.32 Å². The Morgan fingerprint density at radius 2 is 2.00 bits per heavy atom. The van der Waals surface area contributed by atoms with Gasteiger partial charge in [0, 0.05) is 19.5 Å². The molecule has 136 valence electrons. The van der Waals surface area contributed by atoms with E-state index in [0.717, 1.165) is 0 Å². The molecule has 2 amide bonds. The summed E-state index contributed by atoms with van der Waals surface area (Å²) in [6, 6.07) is -1.07. The molecule has 9 nitrogen and oxygen atoms in total. The first-order chi connectivity index (χ1) is 10.9. The Morgan fingerprint density at radius 1 is 1.35 bits per heavy atom. The summed E-state index contributed by atoms with van der Waals surface area (Å²) in [6.07, 6.45) is -6.96. The molecule has 0 bridgehead atoms. The third kappa shape index (κ3) is 4.90. The van der Waals surface area contributed by atoms with Crippen LogP contribution in [-0.2, 0) is 9.47 Å². The van der Waals surface area contributed by atoms with Crippen LogP contribution in [0.4, 0.5) is 4.79 Å². The Balaban J connectivity index is 3.00. The van der Waals surface area contributed by atoms with E-state index in [2.05, 4.69) is 5.32 Å². The third-order valence-electron chi connectivity index (χ3n) is 3.63. The third-order valence-corrected chi connectivity index (χ3v) is 3.82. The van der Waals surface area contributed by atoms with Gasteiger partial charge in [0.25, 0.3) is 0 Å². The molecule has 10 heteroatoms. The number of aliphatic hydroxyl groups is 4. The molecule has 1 aliphatic rings. The lowest BCUT2D eigenvalue weighted by atomic mass is 9.97. The molecule has 1 rings (SSSR count). The number of nitrogens with zero attached hydrogens (tertiary/aromatic N) is 1. The summed E-state index contributed by atoms with van der Waals surface area (Å²) in [7, 11) is 1.46. The van der Waals surface area contributed by atoms with Crippen LogP contribution in [0, 0.1) is 0 Å². The highest BCUT2D eigenvalue weighted by Crippen LogP contribution is 2.25. The molecule has 0 spiro atoms. The fourth-order valence-corrected chi connectivity index (χ4v) is 2.54. The Hall–Kier alpha value is -0.680. The monoisotopic (exact) mass is 356 g/mol. The van der Waals surface area contributed by atoms with Crippen molar-refractivity contribution in [1.29, 1.82) is 0 Å². The Morgan fingerprint density at radius 3 is 2.52 bits per heavy atom. The first-order valence-electron chi connectivity index (χ1n) is 7.30. The van der Waals surface area contributed by atoms with Crippen molar-refractivity contribution in [3.63, 3.8) is 0 Å². The van der Waals surface area contributed by atoms with Crippen molar-refractivity contribution in [3.8, 4) is 0 Å². The number of alkyl halides is 1. The van der Waals surface area contributed by atoms with E-state index in [-0.39, 0.29) is 19.0 Å². The summed E-state index contributed by atoms with van der Waals surface area (Å²) in [5.41, 5.74) is 0. The summed E-state index contributed by atoms with van der Waals surface area (Å²) in [6.45, 7) is 1.46. The molecular weight excluding hydrogens is 332 g/mol. The minimum atomic E-state index is -1.57. The number of nitrogens with one attached hydrogen (secondary N) is 1. The average molecular weight is 357 g/mol. The number of rotatable bonds is 7. The molecule has 1 aliphatic heterocycles. The SMILES string of the molecule is COCC(C)N(C(=O)NCCCl)[C@@H]1O[C@H](CO)[C@H](O)[C@H](O)[C@H]1O. The number of hydrogen-bond acceptors (Lipinski definition) is 7. The van der Waals surface area contributed by atoms with Gasteiger partial charge in [0.1, 0.15) is 24.4 Å². The van der Waals surface area contributed by atoms with Crippen molar-refractivity contribution in [2.75, 3.05) is 32.7 Å². The lowest BCUT2D eigenvalue weighted by Gasteiger charge is -2.46. The molecular formula is C13H25ClN2O7. The standard InChI is InChI=1S/C13H25ClN2O7/c1-7(6-22-2)16(13(21)15-4-3-14)12-11(20)10(19)9(18)8(5-17)23-12/h7-12,17-20H,3-6H2,1-2H3,(H,15,21)/t7?,8-,9+,10+,11-,12-/m1/s1. The maximum absolute atomic E-state index is 12.3. The largest absolute Gasteiger partial charge is 0.394 e. The van der Waals surface area contributed by atoms with Gasteiger partial charge in [-0.25, -0.2) is 4.79 Å². The summed E-state index contributed by atoms with van der Waals surface area (Å²) in [5, 5.41) is 41.7. The number of ether oxygens (including phenoxy) is 2. The van der Waals surface area contributed by atoms with Gasteiger partial charge >= 0.3 is 6.03 Å². The van der Waals surface area contributed by atoms with Gasteiger partial charge in [0.15, 0.2) is 6.23 Å². The smallest absolute Gasteiger partial charge is 0.319 e. The number of amides is 2. The Kier molecular flexibility index (Phi) is 8.48. The quantitative estimate of drug-likeness (QED) is 0.336. The molecule has 0 aromatic heterocycles. The molecule has 5 N–H and O–H groups in total. The van der Waals surface area contributed by atoms with Crippen molar-refractivity contribution >= 4 is 17.6 Å². The van der Waals surface area contributed by atoms with Crippen LogP contribution in [0.3, 0.4) is 0 Å². The normalized spacial score (nSPS) is 32.4.